The number of carbonyl (C=O) groups excluding carboxylic acids is 1. The molecule has 1 aromatic carbocycles. The third-order valence-corrected chi connectivity index (χ3v) is 4.15. The molecule has 1 heterocycles. The molecule has 20 heavy (non-hydrogen) atoms. The maximum Gasteiger partial charge on any atom is 0.306 e. The van der Waals surface area contributed by atoms with Crippen molar-refractivity contribution in [3.05, 3.63) is 34.9 Å². The normalized spacial score (nSPS) is 20.4. The zero-order chi connectivity index (χ0) is 14.4. The first kappa shape index (κ1) is 15.3. The first-order valence-corrected chi connectivity index (χ1v) is 7.63. The minimum Gasteiger partial charge on any atom is -0.461 e. The Hall–Kier alpha value is -1.06. The van der Waals surface area contributed by atoms with Crippen molar-refractivity contribution in [2.45, 2.75) is 32.8 Å². The van der Waals surface area contributed by atoms with Crippen molar-refractivity contribution in [1.82, 2.24) is 5.32 Å². The van der Waals surface area contributed by atoms with E-state index in [0.717, 1.165) is 18.7 Å². The molecule has 1 aromatic rings. The molecule has 4 heteroatoms. The van der Waals surface area contributed by atoms with Crippen LogP contribution in [0, 0.1) is 11.8 Å². The summed E-state index contributed by atoms with van der Waals surface area (Å²) in [7, 11) is 0. The lowest BCUT2D eigenvalue weighted by Crippen LogP contribution is -2.34. The molecule has 0 bridgehead atoms. The predicted molar refractivity (Wildman–Crippen MR) is 80.6 cm³/mol. The van der Waals surface area contributed by atoms with Gasteiger partial charge in [-0.05, 0) is 55.5 Å². The van der Waals surface area contributed by atoms with Crippen LogP contribution in [-0.4, -0.2) is 19.1 Å². The third kappa shape index (κ3) is 4.80. The SMILES string of the molecule is CC(CC(=O)OCc1cccc(Cl)c1)C1CCCNC1. The van der Waals surface area contributed by atoms with Crippen LogP contribution < -0.4 is 5.32 Å². The molecule has 2 rings (SSSR count). The van der Waals surface area contributed by atoms with E-state index >= 15 is 0 Å². The van der Waals surface area contributed by atoms with Gasteiger partial charge in [0.2, 0.25) is 0 Å². The fourth-order valence-corrected chi connectivity index (χ4v) is 2.86. The molecule has 3 nitrogen and oxygen atoms in total. The minimum atomic E-state index is -0.122. The van der Waals surface area contributed by atoms with E-state index in [2.05, 4.69) is 12.2 Å². The lowest BCUT2D eigenvalue weighted by atomic mass is 9.85. The molecule has 0 amide bonds. The number of hydrogen-bond acceptors (Lipinski definition) is 3. The van der Waals surface area contributed by atoms with Gasteiger partial charge in [-0.3, -0.25) is 4.79 Å². The van der Waals surface area contributed by atoms with Gasteiger partial charge in [0, 0.05) is 11.4 Å². The smallest absolute Gasteiger partial charge is 0.306 e. The molecule has 1 N–H and O–H groups in total. The van der Waals surface area contributed by atoms with E-state index in [9.17, 15) is 4.79 Å². The molecule has 2 atom stereocenters. The summed E-state index contributed by atoms with van der Waals surface area (Å²) in [6, 6.07) is 7.41. The Kier molecular flexibility index (Phi) is 5.86. The third-order valence-electron chi connectivity index (χ3n) is 3.92. The molecule has 110 valence electrons. The Morgan fingerprint density at radius 1 is 1.55 bits per heavy atom. The number of ether oxygens (including phenoxy) is 1. The Bertz CT molecular complexity index is 444. The van der Waals surface area contributed by atoms with Gasteiger partial charge in [0.25, 0.3) is 0 Å². The molecule has 0 aliphatic carbocycles. The average molecular weight is 296 g/mol. The quantitative estimate of drug-likeness (QED) is 0.846. The van der Waals surface area contributed by atoms with Gasteiger partial charge >= 0.3 is 5.97 Å². The Morgan fingerprint density at radius 2 is 2.40 bits per heavy atom. The van der Waals surface area contributed by atoms with Crippen molar-refractivity contribution in [2.75, 3.05) is 13.1 Å². The van der Waals surface area contributed by atoms with Crippen molar-refractivity contribution in [1.29, 1.82) is 0 Å². The molecule has 0 saturated carbocycles. The summed E-state index contributed by atoms with van der Waals surface area (Å²) in [5, 5.41) is 4.05. The van der Waals surface area contributed by atoms with Gasteiger partial charge < -0.3 is 10.1 Å². The topological polar surface area (TPSA) is 38.3 Å². The molecule has 0 spiro atoms. The number of piperidine rings is 1. The summed E-state index contributed by atoms with van der Waals surface area (Å²) in [6.07, 6.45) is 2.90. The van der Waals surface area contributed by atoms with E-state index in [1.165, 1.54) is 12.8 Å². The van der Waals surface area contributed by atoms with E-state index < -0.39 is 0 Å². The molecular formula is C16H22ClNO2. The zero-order valence-electron chi connectivity index (χ0n) is 11.9. The van der Waals surface area contributed by atoms with Gasteiger partial charge in [-0.2, -0.15) is 0 Å². The van der Waals surface area contributed by atoms with Crippen LogP contribution in [0.1, 0.15) is 31.7 Å². The van der Waals surface area contributed by atoms with Crippen LogP contribution in [0.2, 0.25) is 5.02 Å². The van der Waals surface area contributed by atoms with Crippen molar-refractivity contribution in [3.63, 3.8) is 0 Å². The van der Waals surface area contributed by atoms with Crippen LogP contribution in [0.4, 0.5) is 0 Å². The lowest BCUT2D eigenvalue weighted by molar-refractivity contribution is -0.146. The monoisotopic (exact) mass is 295 g/mol. The second-order valence-corrected chi connectivity index (χ2v) is 6.01. The van der Waals surface area contributed by atoms with Crippen LogP contribution in [0.15, 0.2) is 24.3 Å². The van der Waals surface area contributed by atoms with Gasteiger partial charge in [-0.1, -0.05) is 30.7 Å². The fraction of sp³-hybridized carbons (Fsp3) is 0.562. The largest absolute Gasteiger partial charge is 0.461 e. The van der Waals surface area contributed by atoms with E-state index in [1.54, 1.807) is 0 Å². The van der Waals surface area contributed by atoms with Crippen LogP contribution >= 0.6 is 11.6 Å². The highest BCUT2D eigenvalue weighted by molar-refractivity contribution is 6.30. The maximum atomic E-state index is 11.9. The summed E-state index contributed by atoms with van der Waals surface area (Å²) in [6.45, 7) is 4.55. The van der Waals surface area contributed by atoms with Gasteiger partial charge in [-0.25, -0.2) is 0 Å². The highest BCUT2D eigenvalue weighted by Gasteiger charge is 2.22. The minimum absolute atomic E-state index is 0.122. The van der Waals surface area contributed by atoms with Gasteiger partial charge in [0.15, 0.2) is 0 Å². The summed E-state index contributed by atoms with van der Waals surface area (Å²) in [4.78, 5) is 11.9. The summed E-state index contributed by atoms with van der Waals surface area (Å²) in [5.74, 6) is 0.834. The molecule has 0 radical (unpaired) electrons. The van der Waals surface area contributed by atoms with E-state index in [0.29, 0.717) is 29.9 Å². The summed E-state index contributed by atoms with van der Waals surface area (Å²) < 4.78 is 5.33. The number of nitrogens with one attached hydrogen (secondary N) is 1. The zero-order valence-corrected chi connectivity index (χ0v) is 12.7. The van der Waals surface area contributed by atoms with Crippen LogP contribution in [0.3, 0.4) is 0 Å². The Morgan fingerprint density at radius 3 is 3.10 bits per heavy atom. The number of esters is 1. The number of carbonyl (C=O) groups is 1. The Balaban J connectivity index is 1.74. The van der Waals surface area contributed by atoms with Crippen LogP contribution in [0.5, 0.6) is 0 Å². The van der Waals surface area contributed by atoms with Crippen molar-refractivity contribution in [3.8, 4) is 0 Å². The lowest BCUT2D eigenvalue weighted by Gasteiger charge is -2.27. The van der Waals surface area contributed by atoms with E-state index in [-0.39, 0.29) is 5.97 Å². The molecule has 1 aliphatic rings. The first-order chi connectivity index (χ1) is 9.65. The standard InChI is InChI=1S/C16H22ClNO2/c1-12(14-5-3-7-18-10-14)8-16(19)20-11-13-4-2-6-15(17)9-13/h2,4,6,9,12,14,18H,3,5,7-8,10-11H2,1H3. The second-order valence-electron chi connectivity index (χ2n) is 5.58. The second kappa shape index (κ2) is 7.65. The highest BCUT2D eigenvalue weighted by atomic mass is 35.5. The number of hydrogen-bond donors (Lipinski definition) is 1. The Labute approximate surface area is 125 Å². The summed E-state index contributed by atoms with van der Waals surface area (Å²) >= 11 is 5.90. The van der Waals surface area contributed by atoms with Crippen LogP contribution in [-0.2, 0) is 16.1 Å². The van der Waals surface area contributed by atoms with Crippen LogP contribution in [0.25, 0.3) is 0 Å². The average Bonchev–Trinajstić information content (AvgIpc) is 2.46. The molecule has 2 unspecified atom stereocenters. The first-order valence-electron chi connectivity index (χ1n) is 7.26. The number of halogens is 1. The summed E-state index contributed by atoms with van der Waals surface area (Å²) in [5.41, 5.74) is 0.929. The molecule has 1 fully saturated rings. The van der Waals surface area contributed by atoms with Gasteiger partial charge in [0.05, 0.1) is 0 Å². The molecular weight excluding hydrogens is 274 g/mol. The molecule has 1 aliphatic heterocycles. The van der Waals surface area contributed by atoms with Gasteiger partial charge in [0.1, 0.15) is 6.61 Å². The van der Waals surface area contributed by atoms with E-state index in [4.69, 9.17) is 16.3 Å². The number of rotatable bonds is 5. The van der Waals surface area contributed by atoms with Crippen molar-refractivity contribution >= 4 is 17.6 Å². The van der Waals surface area contributed by atoms with Crippen molar-refractivity contribution < 1.29 is 9.53 Å². The number of benzene rings is 1. The predicted octanol–water partition coefficient (Wildman–Crippen LogP) is 3.41. The van der Waals surface area contributed by atoms with E-state index in [1.807, 2.05) is 24.3 Å². The molecule has 1 saturated heterocycles. The maximum absolute atomic E-state index is 11.9. The fourth-order valence-electron chi connectivity index (χ4n) is 2.64. The van der Waals surface area contributed by atoms with Gasteiger partial charge in [-0.15, -0.1) is 0 Å². The molecule has 0 aromatic heterocycles. The van der Waals surface area contributed by atoms with Crippen molar-refractivity contribution in [2.24, 2.45) is 11.8 Å². The highest BCUT2D eigenvalue weighted by Crippen LogP contribution is 2.23.